The average molecular weight is 220 g/mol. The highest BCUT2D eigenvalue weighted by Gasteiger charge is 2.14. The van der Waals surface area contributed by atoms with Crippen molar-refractivity contribution in [2.24, 2.45) is 5.84 Å². The molecule has 7 heteroatoms. The summed E-state index contributed by atoms with van der Waals surface area (Å²) in [6.07, 6.45) is 0. The second-order valence-electron chi connectivity index (χ2n) is 2.42. The normalized spacial score (nSPS) is 11.4. The first-order valence-corrected chi connectivity index (χ1v) is 5.05. The number of nitrogens with two attached hydrogens (primary N) is 1. The van der Waals surface area contributed by atoms with Gasteiger partial charge in [0.1, 0.15) is 0 Å². The van der Waals surface area contributed by atoms with E-state index in [9.17, 15) is 12.8 Å². The molecule has 0 unspecified atom stereocenters. The first-order chi connectivity index (χ1) is 6.51. The molecular weight excluding hydrogens is 211 g/mol. The van der Waals surface area contributed by atoms with Crippen molar-refractivity contribution in [1.29, 1.82) is 0 Å². The third-order valence-electron chi connectivity index (χ3n) is 1.59. The molecule has 0 aliphatic carbocycles. The molecule has 1 aromatic carbocycles. The molecule has 0 heterocycles. The van der Waals surface area contributed by atoms with Gasteiger partial charge in [0.25, 0.3) is 10.0 Å². The van der Waals surface area contributed by atoms with Crippen molar-refractivity contribution >= 4 is 10.0 Å². The Morgan fingerprint density at radius 1 is 1.50 bits per heavy atom. The Balaban J connectivity index is 3.22. The fourth-order valence-corrected chi connectivity index (χ4v) is 1.52. The Morgan fingerprint density at radius 2 is 2.14 bits per heavy atom. The van der Waals surface area contributed by atoms with Crippen LogP contribution in [0.1, 0.15) is 0 Å². The Kier molecular flexibility index (Phi) is 3.04. The smallest absolute Gasteiger partial charge is 0.253 e. The molecule has 0 saturated carbocycles. The molecule has 3 N–H and O–H groups in total. The molecule has 0 spiro atoms. The third-order valence-corrected chi connectivity index (χ3v) is 2.77. The summed E-state index contributed by atoms with van der Waals surface area (Å²) in [5.41, 5.74) is 0. The lowest BCUT2D eigenvalue weighted by atomic mass is 10.3. The van der Waals surface area contributed by atoms with Gasteiger partial charge in [0, 0.05) is 0 Å². The molecule has 0 bridgehead atoms. The molecule has 0 aliphatic rings. The minimum atomic E-state index is -3.81. The number of sulfonamides is 1. The van der Waals surface area contributed by atoms with Crippen LogP contribution in [-0.4, -0.2) is 15.5 Å². The van der Waals surface area contributed by atoms with E-state index in [0.29, 0.717) is 0 Å². The Labute approximate surface area is 80.7 Å². The van der Waals surface area contributed by atoms with Crippen molar-refractivity contribution in [2.45, 2.75) is 4.90 Å². The highest BCUT2D eigenvalue weighted by Crippen LogP contribution is 2.19. The number of halogens is 1. The Morgan fingerprint density at radius 3 is 2.57 bits per heavy atom. The van der Waals surface area contributed by atoms with Crippen LogP contribution >= 0.6 is 0 Å². The van der Waals surface area contributed by atoms with Gasteiger partial charge in [0.15, 0.2) is 11.6 Å². The molecule has 0 saturated heterocycles. The van der Waals surface area contributed by atoms with E-state index in [1.165, 1.54) is 19.2 Å². The van der Waals surface area contributed by atoms with Crippen LogP contribution in [0.15, 0.2) is 23.1 Å². The zero-order chi connectivity index (χ0) is 10.8. The first kappa shape index (κ1) is 10.9. The second kappa shape index (κ2) is 3.91. The van der Waals surface area contributed by atoms with Crippen LogP contribution in [0.5, 0.6) is 5.75 Å². The number of ether oxygens (including phenoxy) is 1. The summed E-state index contributed by atoms with van der Waals surface area (Å²) in [6, 6.07) is 3.23. The highest BCUT2D eigenvalue weighted by atomic mass is 32.2. The lowest BCUT2D eigenvalue weighted by molar-refractivity contribution is 0.385. The monoisotopic (exact) mass is 220 g/mol. The van der Waals surface area contributed by atoms with E-state index < -0.39 is 15.8 Å². The van der Waals surface area contributed by atoms with Gasteiger partial charge in [0.05, 0.1) is 12.0 Å². The summed E-state index contributed by atoms with van der Waals surface area (Å²) >= 11 is 0. The first-order valence-electron chi connectivity index (χ1n) is 3.57. The molecule has 5 nitrogen and oxygen atoms in total. The van der Waals surface area contributed by atoms with Gasteiger partial charge < -0.3 is 4.74 Å². The number of nitrogens with one attached hydrogen (secondary N) is 1. The maximum absolute atomic E-state index is 13.1. The standard InChI is InChI=1S/C7H9FN2O3S/c1-13-7-3-2-5(4-6(7)8)14(11,12)10-9/h2-4,10H,9H2,1H3. The van der Waals surface area contributed by atoms with Crippen molar-refractivity contribution < 1.29 is 17.5 Å². The van der Waals surface area contributed by atoms with Crippen LogP contribution in [0, 0.1) is 5.82 Å². The van der Waals surface area contributed by atoms with E-state index in [-0.39, 0.29) is 10.6 Å². The van der Waals surface area contributed by atoms with Crippen molar-refractivity contribution in [1.82, 2.24) is 4.83 Å². The fourth-order valence-electron chi connectivity index (χ4n) is 0.882. The number of methoxy groups -OCH3 is 1. The number of hydrogen-bond acceptors (Lipinski definition) is 4. The molecule has 78 valence electrons. The molecule has 1 rings (SSSR count). The molecule has 0 fully saturated rings. The van der Waals surface area contributed by atoms with Gasteiger partial charge in [-0.3, -0.25) is 5.84 Å². The van der Waals surface area contributed by atoms with E-state index >= 15 is 0 Å². The SMILES string of the molecule is COc1ccc(S(=O)(=O)NN)cc1F. The topological polar surface area (TPSA) is 81.4 Å². The van der Waals surface area contributed by atoms with Crippen LogP contribution in [0.3, 0.4) is 0 Å². The van der Waals surface area contributed by atoms with Crippen molar-refractivity contribution in [3.8, 4) is 5.75 Å². The average Bonchev–Trinajstić information content (AvgIpc) is 2.17. The molecule has 0 aromatic heterocycles. The van der Waals surface area contributed by atoms with Crippen LogP contribution in [0.4, 0.5) is 4.39 Å². The zero-order valence-corrected chi connectivity index (χ0v) is 8.14. The van der Waals surface area contributed by atoms with E-state index in [4.69, 9.17) is 5.84 Å². The summed E-state index contributed by atoms with van der Waals surface area (Å²) in [7, 11) is -2.53. The van der Waals surface area contributed by atoms with E-state index in [0.717, 1.165) is 6.07 Å². The van der Waals surface area contributed by atoms with E-state index in [1.54, 1.807) is 4.83 Å². The van der Waals surface area contributed by atoms with Gasteiger partial charge in [-0.2, -0.15) is 4.83 Å². The lowest BCUT2D eigenvalue weighted by Gasteiger charge is -2.04. The summed E-state index contributed by atoms with van der Waals surface area (Å²) in [5, 5.41) is 0. The number of hydrogen-bond donors (Lipinski definition) is 2. The highest BCUT2D eigenvalue weighted by molar-refractivity contribution is 7.89. The van der Waals surface area contributed by atoms with Gasteiger partial charge in [-0.15, -0.1) is 0 Å². The van der Waals surface area contributed by atoms with Crippen LogP contribution < -0.4 is 15.4 Å². The molecule has 0 atom stereocenters. The Bertz CT molecular complexity index is 433. The fraction of sp³-hybridized carbons (Fsp3) is 0.143. The predicted molar refractivity (Wildman–Crippen MR) is 47.5 cm³/mol. The van der Waals surface area contributed by atoms with Crippen LogP contribution in [0.2, 0.25) is 0 Å². The Hall–Kier alpha value is -1.18. The summed E-state index contributed by atoms with van der Waals surface area (Å²) in [4.78, 5) is 1.34. The number of benzene rings is 1. The van der Waals surface area contributed by atoms with Crippen molar-refractivity contribution in [3.05, 3.63) is 24.0 Å². The second-order valence-corrected chi connectivity index (χ2v) is 4.13. The number of hydrazine groups is 1. The lowest BCUT2D eigenvalue weighted by Crippen LogP contribution is -2.30. The molecule has 0 aliphatic heterocycles. The minimum absolute atomic E-state index is 0.0269. The zero-order valence-electron chi connectivity index (χ0n) is 7.32. The van der Waals surface area contributed by atoms with E-state index in [1.807, 2.05) is 0 Å². The number of rotatable bonds is 3. The van der Waals surface area contributed by atoms with Gasteiger partial charge >= 0.3 is 0 Å². The van der Waals surface area contributed by atoms with Gasteiger partial charge in [-0.05, 0) is 18.2 Å². The van der Waals surface area contributed by atoms with Crippen molar-refractivity contribution in [3.63, 3.8) is 0 Å². The minimum Gasteiger partial charge on any atom is -0.494 e. The van der Waals surface area contributed by atoms with Gasteiger partial charge in [-0.1, -0.05) is 0 Å². The molecule has 1 aromatic rings. The molecular formula is C7H9FN2O3S. The van der Waals surface area contributed by atoms with Gasteiger partial charge in [0.2, 0.25) is 0 Å². The van der Waals surface area contributed by atoms with Crippen LogP contribution in [-0.2, 0) is 10.0 Å². The maximum Gasteiger partial charge on any atom is 0.253 e. The van der Waals surface area contributed by atoms with Gasteiger partial charge in [-0.25, -0.2) is 12.8 Å². The molecule has 0 radical (unpaired) electrons. The molecule has 0 amide bonds. The largest absolute Gasteiger partial charge is 0.494 e. The predicted octanol–water partition coefficient (Wildman–Crippen LogP) is -0.0137. The van der Waals surface area contributed by atoms with Crippen LogP contribution in [0.25, 0.3) is 0 Å². The van der Waals surface area contributed by atoms with E-state index in [2.05, 4.69) is 4.74 Å². The quantitative estimate of drug-likeness (QED) is 0.554. The third kappa shape index (κ3) is 2.00. The summed E-state index contributed by atoms with van der Waals surface area (Å²) in [6.45, 7) is 0. The van der Waals surface area contributed by atoms with Crippen molar-refractivity contribution in [2.75, 3.05) is 7.11 Å². The molecule has 14 heavy (non-hydrogen) atoms. The summed E-state index contributed by atoms with van der Waals surface area (Å²) < 4.78 is 39.9. The maximum atomic E-state index is 13.1. The summed E-state index contributed by atoms with van der Waals surface area (Å²) in [5.74, 6) is 3.98.